The maximum Gasteiger partial charge on any atom is 0.214 e. The smallest absolute Gasteiger partial charge is 0.214 e. The molecular weight excluding hydrogens is 174 g/mol. The van der Waals surface area contributed by atoms with Gasteiger partial charge in [0.25, 0.3) is 0 Å². The molecule has 1 unspecified atom stereocenters. The summed E-state index contributed by atoms with van der Waals surface area (Å²) >= 11 is 1.58. The molecule has 2 rings (SSSR count). The topological polar surface area (TPSA) is 35.3 Å². The Labute approximate surface area is 73.8 Å². The first-order chi connectivity index (χ1) is 5.86. The molecule has 0 aliphatic carbocycles. The van der Waals surface area contributed by atoms with Crippen LogP contribution in [0.3, 0.4) is 0 Å². The molecule has 62 valence electrons. The monoisotopic (exact) mass is 181 g/mol. The van der Waals surface area contributed by atoms with Gasteiger partial charge in [-0.05, 0) is 11.4 Å². The van der Waals surface area contributed by atoms with Crippen LogP contribution in [0.1, 0.15) is 11.0 Å². The van der Waals surface area contributed by atoms with Gasteiger partial charge in [-0.15, -0.1) is 11.3 Å². The van der Waals surface area contributed by atoms with Gasteiger partial charge in [0.2, 0.25) is 18.5 Å². The summed E-state index contributed by atoms with van der Waals surface area (Å²) in [5, 5.41) is 12.8. The molecule has 0 saturated heterocycles. The summed E-state index contributed by atoms with van der Waals surface area (Å²) in [4.78, 5) is 1.04. The van der Waals surface area contributed by atoms with Gasteiger partial charge in [-0.3, -0.25) is 0 Å². The Balaban J connectivity index is 2.22. The van der Waals surface area contributed by atoms with Crippen molar-refractivity contribution >= 4 is 17.6 Å². The van der Waals surface area contributed by atoms with Gasteiger partial charge in [-0.1, -0.05) is 6.07 Å². The minimum Gasteiger partial charge on any atom is -0.619 e. The number of hydrogen-bond donors (Lipinski definition) is 0. The number of nitrogens with zero attached hydrogens (tertiary/aromatic N) is 1. The molecule has 0 spiro atoms. The first-order valence-corrected chi connectivity index (χ1v) is 4.40. The molecular formula is C8H7NO2S. The summed E-state index contributed by atoms with van der Waals surface area (Å²) in [7, 11) is 0. The SMILES string of the molecule is [O-][N+]1=CC(c2cccs2)OC=C1. The van der Waals surface area contributed by atoms with Crippen LogP contribution in [0.15, 0.2) is 30.0 Å². The van der Waals surface area contributed by atoms with Crippen molar-refractivity contribution in [2.75, 3.05) is 0 Å². The number of thiophene rings is 1. The van der Waals surface area contributed by atoms with E-state index < -0.39 is 0 Å². The van der Waals surface area contributed by atoms with Crippen LogP contribution in [0.5, 0.6) is 0 Å². The van der Waals surface area contributed by atoms with Crippen molar-refractivity contribution in [3.05, 3.63) is 40.1 Å². The molecule has 0 bridgehead atoms. The Hall–Kier alpha value is -1.29. The number of hydroxylamine groups is 1. The molecule has 1 aromatic rings. The number of hydrogen-bond acceptors (Lipinski definition) is 3. The van der Waals surface area contributed by atoms with E-state index in [0.29, 0.717) is 0 Å². The highest BCUT2D eigenvalue weighted by molar-refractivity contribution is 7.10. The third-order valence-electron chi connectivity index (χ3n) is 1.54. The predicted octanol–water partition coefficient (Wildman–Crippen LogP) is 1.87. The molecule has 0 saturated carbocycles. The van der Waals surface area contributed by atoms with Gasteiger partial charge in [-0.2, -0.15) is 4.74 Å². The highest BCUT2D eigenvalue weighted by Crippen LogP contribution is 2.22. The second-order valence-corrected chi connectivity index (χ2v) is 3.35. The Bertz CT molecular complexity index is 316. The van der Waals surface area contributed by atoms with E-state index in [2.05, 4.69) is 0 Å². The fourth-order valence-electron chi connectivity index (χ4n) is 0.992. The van der Waals surface area contributed by atoms with Gasteiger partial charge < -0.3 is 9.94 Å². The maximum atomic E-state index is 10.9. The average molecular weight is 181 g/mol. The third kappa shape index (κ3) is 1.33. The zero-order chi connectivity index (χ0) is 8.39. The van der Waals surface area contributed by atoms with E-state index in [1.54, 1.807) is 11.3 Å². The lowest BCUT2D eigenvalue weighted by Gasteiger charge is -2.12. The quantitative estimate of drug-likeness (QED) is 0.489. The van der Waals surface area contributed by atoms with E-state index in [-0.39, 0.29) is 6.10 Å². The normalized spacial score (nSPS) is 21.7. The summed E-state index contributed by atoms with van der Waals surface area (Å²) in [6, 6.07) is 3.88. The molecule has 3 nitrogen and oxygen atoms in total. The van der Waals surface area contributed by atoms with Crippen LogP contribution in [0.2, 0.25) is 0 Å². The van der Waals surface area contributed by atoms with Crippen molar-refractivity contribution in [2.24, 2.45) is 0 Å². The van der Waals surface area contributed by atoms with E-state index in [1.807, 2.05) is 17.5 Å². The molecule has 1 aliphatic rings. The summed E-state index contributed by atoms with van der Waals surface area (Å²) in [5.41, 5.74) is 0. The standard InChI is InChI=1S/C8H7NO2S/c10-9-3-4-11-7(6-9)8-2-1-5-12-8/h1-7H. The fraction of sp³-hybridized carbons (Fsp3) is 0.125. The first kappa shape index (κ1) is 7.36. The van der Waals surface area contributed by atoms with Crippen molar-refractivity contribution in [3.8, 4) is 0 Å². The van der Waals surface area contributed by atoms with Crippen molar-refractivity contribution in [3.63, 3.8) is 0 Å². The second kappa shape index (κ2) is 2.98. The van der Waals surface area contributed by atoms with Crippen molar-refractivity contribution in [1.29, 1.82) is 0 Å². The summed E-state index contributed by atoms with van der Waals surface area (Å²) in [5.74, 6) is 0. The molecule has 1 atom stereocenters. The molecule has 0 fully saturated rings. The van der Waals surface area contributed by atoms with Crippen LogP contribution in [-0.2, 0) is 4.74 Å². The van der Waals surface area contributed by atoms with Crippen LogP contribution in [0, 0.1) is 5.21 Å². The van der Waals surface area contributed by atoms with Gasteiger partial charge in [-0.25, -0.2) is 0 Å². The minimum atomic E-state index is -0.215. The van der Waals surface area contributed by atoms with Gasteiger partial charge >= 0.3 is 0 Å². The molecule has 4 heteroatoms. The van der Waals surface area contributed by atoms with E-state index in [0.717, 1.165) is 9.62 Å². The average Bonchev–Trinajstić information content (AvgIpc) is 2.56. The fourth-order valence-corrected chi connectivity index (χ4v) is 1.71. The Morgan fingerprint density at radius 1 is 1.58 bits per heavy atom. The lowest BCUT2D eigenvalue weighted by Crippen LogP contribution is -2.11. The number of rotatable bonds is 1. The Morgan fingerprint density at radius 3 is 3.17 bits per heavy atom. The van der Waals surface area contributed by atoms with Gasteiger partial charge in [0, 0.05) is 0 Å². The summed E-state index contributed by atoms with van der Waals surface area (Å²) < 4.78 is 5.98. The highest BCUT2D eigenvalue weighted by atomic mass is 32.1. The van der Waals surface area contributed by atoms with E-state index >= 15 is 0 Å². The largest absolute Gasteiger partial charge is 0.619 e. The van der Waals surface area contributed by atoms with Crippen LogP contribution >= 0.6 is 11.3 Å². The highest BCUT2D eigenvalue weighted by Gasteiger charge is 2.16. The molecule has 2 heterocycles. The zero-order valence-corrected chi connectivity index (χ0v) is 7.03. The van der Waals surface area contributed by atoms with E-state index in [9.17, 15) is 5.21 Å². The molecule has 0 radical (unpaired) electrons. The van der Waals surface area contributed by atoms with Crippen LogP contribution < -0.4 is 0 Å². The van der Waals surface area contributed by atoms with Crippen LogP contribution in [0.25, 0.3) is 0 Å². The molecule has 0 N–H and O–H groups in total. The van der Waals surface area contributed by atoms with Gasteiger partial charge in [0.1, 0.15) is 6.26 Å². The lowest BCUT2D eigenvalue weighted by atomic mass is 10.3. The lowest BCUT2D eigenvalue weighted by molar-refractivity contribution is -0.383. The summed E-state index contributed by atoms with van der Waals surface area (Å²) in [6.07, 6.45) is 4.03. The van der Waals surface area contributed by atoms with Crippen molar-refractivity contribution in [1.82, 2.24) is 0 Å². The molecule has 0 aromatic carbocycles. The molecule has 0 amide bonds. The van der Waals surface area contributed by atoms with Gasteiger partial charge in [0.05, 0.1) is 4.88 Å². The second-order valence-electron chi connectivity index (χ2n) is 2.37. The minimum absolute atomic E-state index is 0.215. The van der Waals surface area contributed by atoms with E-state index in [1.165, 1.54) is 18.7 Å². The van der Waals surface area contributed by atoms with E-state index in [4.69, 9.17) is 4.74 Å². The predicted molar refractivity (Wildman–Crippen MR) is 47.0 cm³/mol. The van der Waals surface area contributed by atoms with Crippen LogP contribution in [-0.4, -0.2) is 11.0 Å². The number of ether oxygens (including phenoxy) is 1. The molecule has 12 heavy (non-hydrogen) atoms. The summed E-state index contributed by atoms with van der Waals surface area (Å²) in [6.45, 7) is 0. The molecule has 1 aromatic heterocycles. The van der Waals surface area contributed by atoms with Gasteiger partial charge in [0.15, 0.2) is 0 Å². The van der Waals surface area contributed by atoms with Crippen molar-refractivity contribution < 1.29 is 9.48 Å². The third-order valence-corrected chi connectivity index (χ3v) is 2.47. The van der Waals surface area contributed by atoms with Crippen molar-refractivity contribution in [2.45, 2.75) is 6.10 Å². The Kier molecular flexibility index (Phi) is 1.83. The Morgan fingerprint density at radius 2 is 2.50 bits per heavy atom. The zero-order valence-electron chi connectivity index (χ0n) is 6.21. The maximum absolute atomic E-state index is 10.9. The first-order valence-electron chi connectivity index (χ1n) is 3.52. The molecule has 1 aliphatic heterocycles. The van der Waals surface area contributed by atoms with Crippen LogP contribution in [0.4, 0.5) is 0 Å².